The van der Waals surface area contributed by atoms with Gasteiger partial charge in [0.15, 0.2) is 0 Å². The van der Waals surface area contributed by atoms with Crippen molar-refractivity contribution in [3.05, 3.63) is 182 Å². The summed E-state index contributed by atoms with van der Waals surface area (Å²) in [6, 6.07) is 64.2. The predicted octanol–water partition coefficient (Wildman–Crippen LogP) is 13.5. The van der Waals surface area contributed by atoms with Gasteiger partial charge < -0.3 is 13.9 Å². The van der Waals surface area contributed by atoms with Crippen LogP contribution in [-0.2, 0) is 0 Å². The molecule has 11 rings (SSSR count). The molecule has 0 aliphatic rings. The molecule has 5 nitrogen and oxygen atoms in total. The van der Waals surface area contributed by atoms with Crippen LogP contribution in [0.3, 0.4) is 0 Å². The Bertz CT molecular complexity index is 3110. The van der Waals surface area contributed by atoms with Crippen LogP contribution >= 0.6 is 11.7 Å². The number of hydrogen-bond acceptors (Lipinski definition) is 5. The molecule has 6 heteroatoms. The quantitative estimate of drug-likeness (QED) is 0.172. The molecule has 0 saturated heterocycles. The van der Waals surface area contributed by atoms with E-state index < -0.39 is 0 Å². The van der Waals surface area contributed by atoms with Crippen molar-refractivity contribution in [1.29, 1.82) is 0 Å². The van der Waals surface area contributed by atoms with E-state index in [9.17, 15) is 0 Å². The van der Waals surface area contributed by atoms with Crippen molar-refractivity contribution in [1.82, 2.24) is 13.3 Å². The van der Waals surface area contributed by atoms with Crippen LogP contribution in [0, 0.1) is 0 Å². The topological polar surface area (TPSA) is 47.1 Å². The van der Waals surface area contributed by atoms with Crippen LogP contribution < -0.4 is 4.90 Å². The van der Waals surface area contributed by atoms with Gasteiger partial charge in [-0.1, -0.05) is 103 Å². The van der Waals surface area contributed by atoms with Gasteiger partial charge in [-0.15, -0.1) is 0 Å². The predicted molar refractivity (Wildman–Crippen MR) is 225 cm³/mol. The summed E-state index contributed by atoms with van der Waals surface area (Å²) in [5.41, 5.74) is 14.5. The smallest absolute Gasteiger partial charge is 0.136 e. The SMILES string of the molecule is c1ccc(N(c2ccc(-c3ccc4c(c3)oc3ccccc34)cc2)c2ccc(-c3ccc(-n4c5ccccc5c5ccccc54)cc3)c3nsnc23)cc1. The number of para-hydroxylation sites is 4. The third kappa shape index (κ3) is 4.85. The number of hydrogen-bond donors (Lipinski definition) is 0. The van der Waals surface area contributed by atoms with E-state index in [1.54, 1.807) is 0 Å². The van der Waals surface area contributed by atoms with Crippen molar-refractivity contribution in [3.63, 3.8) is 0 Å². The maximum atomic E-state index is 6.20. The number of anilines is 3. The summed E-state index contributed by atoms with van der Waals surface area (Å²) in [6.07, 6.45) is 0. The Morgan fingerprint density at radius 3 is 1.80 bits per heavy atom. The van der Waals surface area contributed by atoms with Crippen molar-refractivity contribution in [2.75, 3.05) is 4.90 Å². The van der Waals surface area contributed by atoms with Gasteiger partial charge >= 0.3 is 0 Å². The van der Waals surface area contributed by atoms with Gasteiger partial charge in [0.25, 0.3) is 0 Å². The van der Waals surface area contributed by atoms with E-state index in [1.807, 2.05) is 18.2 Å². The number of nitrogens with zero attached hydrogens (tertiary/aromatic N) is 4. The number of rotatable bonds is 6. The van der Waals surface area contributed by atoms with Crippen molar-refractivity contribution < 1.29 is 4.42 Å². The lowest BCUT2D eigenvalue weighted by molar-refractivity contribution is 0.669. The van der Waals surface area contributed by atoms with Crippen LogP contribution in [0.4, 0.5) is 17.1 Å². The van der Waals surface area contributed by atoms with E-state index in [0.29, 0.717) is 0 Å². The zero-order valence-electron chi connectivity index (χ0n) is 28.9. The Balaban J connectivity index is 0.971. The molecular weight excluding hydrogens is 681 g/mol. The summed E-state index contributed by atoms with van der Waals surface area (Å²) in [4.78, 5) is 2.27. The summed E-state index contributed by atoms with van der Waals surface area (Å²) in [5.74, 6) is 0. The molecule has 0 spiro atoms. The number of aromatic nitrogens is 3. The average molecular weight is 711 g/mol. The maximum Gasteiger partial charge on any atom is 0.136 e. The van der Waals surface area contributed by atoms with Crippen molar-refractivity contribution in [2.24, 2.45) is 0 Å². The minimum absolute atomic E-state index is 0.868. The van der Waals surface area contributed by atoms with Gasteiger partial charge in [-0.25, -0.2) is 0 Å². The fourth-order valence-corrected chi connectivity index (χ4v) is 8.54. The van der Waals surface area contributed by atoms with Gasteiger partial charge in [0.05, 0.1) is 28.4 Å². The molecule has 3 heterocycles. The molecule has 0 fully saturated rings. The molecule has 0 aliphatic carbocycles. The first-order chi connectivity index (χ1) is 26.8. The van der Waals surface area contributed by atoms with Crippen LogP contribution in [0.25, 0.3) is 82.7 Å². The molecule has 254 valence electrons. The highest BCUT2D eigenvalue weighted by Gasteiger charge is 2.20. The zero-order chi connectivity index (χ0) is 35.6. The maximum absolute atomic E-state index is 6.20. The van der Waals surface area contributed by atoms with Gasteiger partial charge in [0, 0.05) is 44.2 Å². The van der Waals surface area contributed by atoms with E-state index in [-0.39, 0.29) is 0 Å². The highest BCUT2D eigenvalue weighted by atomic mass is 32.1. The second-order valence-electron chi connectivity index (χ2n) is 13.5. The minimum Gasteiger partial charge on any atom is -0.456 e. The standard InChI is InChI=1S/C48H30N4OS/c1-2-10-34(11-3-1)51(35-23-18-31(19-24-35)33-22-27-41-40-14-6-9-17-45(40)53-46(41)30-33)44-29-28-37(47-48(44)50-54-49-47)32-20-25-36(26-21-32)52-42-15-7-4-12-38(42)39-13-5-8-16-43(39)52/h1-30H. The van der Waals surface area contributed by atoms with Gasteiger partial charge in [-0.2, -0.15) is 8.75 Å². The number of benzene rings is 8. The molecule has 11 aromatic rings. The van der Waals surface area contributed by atoms with Crippen LogP contribution in [0.15, 0.2) is 186 Å². The molecule has 3 aromatic heterocycles. The van der Waals surface area contributed by atoms with E-state index in [0.717, 1.165) is 78.0 Å². The molecule has 0 saturated carbocycles. The lowest BCUT2D eigenvalue weighted by atomic mass is 10.0. The lowest BCUT2D eigenvalue weighted by Gasteiger charge is -2.26. The largest absolute Gasteiger partial charge is 0.456 e. The van der Waals surface area contributed by atoms with Gasteiger partial charge in [-0.3, -0.25) is 0 Å². The zero-order valence-corrected chi connectivity index (χ0v) is 29.7. The second-order valence-corrected chi connectivity index (χ2v) is 14.1. The monoisotopic (exact) mass is 710 g/mol. The Kier molecular flexibility index (Phi) is 6.97. The third-order valence-electron chi connectivity index (χ3n) is 10.5. The van der Waals surface area contributed by atoms with Crippen LogP contribution in [0.1, 0.15) is 0 Å². The van der Waals surface area contributed by atoms with Gasteiger partial charge in [-0.05, 0) is 95.6 Å². The van der Waals surface area contributed by atoms with E-state index in [4.69, 9.17) is 13.2 Å². The van der Waals surface area contributed by atoms with E-state index in [1.165, 1.54) is 33.5 Å². The highest BCUT2D eigenvalue weighted by molar-refractivity contribution is 7.00. The van der Waals surface area contributed by atoms with E-state index >= 15 is 0 Å². The molecule has 0 unspecified atom stereocenters. The molecule has 0 radical (unpaired) electrons. The second kappa shape index (κ2) is 12.3. The van der Waals surface area contributed by atoms with Gasteiger partial charge in [0.1, 0.15) is 22.2 Å². The lowest BCUT2D eigenvalue weighted by Crippen LogP contribution is -2.10. The van der Waals surface area contributed by atoms with Crippen LogP contribution in [0.2, 0.25) is 0 Å². The Labute approximate surface area is 314 Å². The molecule has 8 aromatic carbocycles. The average Bonchev–Trinajstić information content (AvgIpc) is 3.96. The fourth-order valence-electron chi connectivity index (χ4n) is 7.97. The first kappa shape index (κ1) is 30.6. The third-order valence-corrected chi connectivity index (χ3v) is 11.0. The summed E-state index contributed by atoms with van der Waals surface area (Å²) in [7, 11) is 0. The summed E-state index contributed by atoms with van der Waals surface area (Å²) in [5, 5.41) is 4.78. The number of furan rings is 1. The molecule has 0 bridgehead atoms. The Hall–Kier alpha value is -7.02. The van der Waals surface area contributed by atoms with Crippen LogP contribution in [0.5, 0.6) is 0 Å². The molecule has 0 aliphatic heterocycles. The van der Waals surface area contributed by atoms with E-state index in [2.05, 4.69) is 173 Å². The first-order valence-electron chi connectivity index (χ1n) is 18.0. The summed E-state index contributed by atoms with van der Waals surface area (Å²) in [6.45, 7) is 0. The Morgan fingerprint density at radius 2 is 1.04 bits per heavy atom. The first-order valence-corrected chi connectivity index (χ1v) is 18.7. The minimum atomic E-state index is 0.868. The van der Waals surface area contributed by atoms with Crippen molar-refractivity contribution in [2.45, 2.75) is 0 Å². The molecule has 0 N–H and O–H groups in total. The molecule has 54 heavy (non-hydrogen) atoms. The fraction of sp³-hybridized carbons (Fsp3) is 0. The normalized spacial score (nSPS) is 11.7. The van der Waals surface area contributed by atoms with Crippen LogP contribution in [-0.4, -0.2) is 13.3 Å². The van der Waals surface area contributed by atoms with Gasteiger partial charge in [0.2, 0.25) is 0 Å². The summed E-state index contributed by atoms with van der Waals surface area (Å²) < 4.78 is 18.3. The molecule has 0 amide bonds. The molecule has 0 atom stereocenters. The Morgan fingerprint density at radius 1 is 0.444 bits per heavy atom. The van der Waals surface area contributed by atoms with Crippen molar-refractivity contribution >= 4 is 83.6 Å². The number of fused-ring (bicyclic) bond motifs is 7. The summed E-state index contributed by atoms with van der Waals surface area (Å²) >= 11 is 1.25. The molecular formula is C48H30N4OS. The van der Waals surface area contributed by atoms with Crippen molar-refractivity contribution in [3.8, 4) is 27.9 Å². The highest BCUT2D eigenvalue weighted by Crippen LogP contribution is 2.42.